The van der Waals surface area contributed by atoms with Crippen molar-refractivity contribution in [2.24, 2.45) is 56.2 Å². The number of Topliss-reactive ketones (excluding diaryl/α,β-unsaturated/α-hetero) is 1. The molecule has 11 unspecified atom stereocenters. The summed E-state index contributed by atoms with van der Waals surface area (Å²) in [7, 11) is 0. The molecule has 0 aromatic rings. The molecule has 5 saturated carbocycles. The molecule has 196 valence electrons. The van der Waals surface area contributed by atoms with Gasteiger partial charge in [0.05, 0.1) is 12.0 Å². The number of aliphatic hydroxyl groups is 1. The summed E-state index contributed by atoms with van der Waals surface area (Å²) in [5.74, 6) is -1.28. The van der Waals surface area contributed by atoms with Crippen molar-refractivity contribution in [2.45, 2.75) is 112 Å². The Morgan fingerprint density at radius 2 is 1.51 bits per heavy atom. The smallest absolute Gasteiger partial charge is 0.309 e. The Morgan fingerprint density at radius 1 is 0.886 bits per heavy atom. The van der Waals surface area contributed by atoms with Crippen LogP contribution in [-0.4, -0.2) is 34.4 Å². The van der Waals surface area contributed by atoms with E-state index in [9.17, 15) is 19.8 Å². The predicted octanol–water partition coefficient (Wildman–Crippen LogP) is 5.83. The van der Waals surface area contributed by atoms with E-state index in [1.165, 1.54) is 12.8 Å². The summed E-state index contributed by atoms with van der Waals surface area (Å²) < 4.78 is 5.91. The molecule has 1 saturated heterocycles. The highest BCUT2D eigenvalue weighted by atomic mass is 16.6. The highest BCUT2D eigenvalue weighted by Gasteiger charge is 2.75. The average molecular weight is 487 g/mol. The van der Waals surface area contributed by atoms with Gasteiger partial charge in [0, 0.05) is 17.8 Å². The summed E-state index contributed by atoms with van der Waals surface area (Å²) in [6, 6.07) is 0. The van der Waals surface area contributed by atoms with Crippen LogP contribution in [0, 0.1) is 56.2 Å². The van der Waals surface area contributed by atoms with Gasteiger partial charge >= 0.3 is 5.97 Å². The van der Waals surface area contributed by atoms with Gasteiger partial charge in [-0.15, -0.1) is 0 Å². The molecule has 6 aliphatic rings. The normalized spacial score (nSPS) is 61.3. The monoisotopic (exact) mass is 486 g/mol. The molecule has 6 fully saturated rings. The molecule has 2 bridgehead atoms. The van der Waals surface area contributed by atoms with E-state index in [4.69, 9.17) is 4.74 Å². The fourth-order valence-corrected chi connectivity index (χ4v) is 11.7. The van der Waals surface area contributed by atoms with Crippen LogP contribution in [0.1, 0.15) is 106 Å². The lowest BCUT2D eigenvalue weighted by Crippen LogP contribution is -2.69. The molecule has 5 aliphatic carbocycles. The molecule has 2 N–H and O–H groups in total. The summed E-state index contributed by atoms with van der Waals surface area (Å²) in [6.45, 7) is 14.5. The van der Waals surface area contributed by atoms with Crippen molar-refractivity contribution >= 4 is 11.8 Å². The van der Waals surface area contributed by atoms with Crippen molar-refractivity contribution in [3.63, 3.8) is 0 Å². The third-order valence-electron chi connectivity index (χ3n) is 14.5. The van der Waals surface area contributed by atoms with Gasteiger partial charge in [-0.3, -0.25) is 9.59 Å². The molecular weight excluding hydrogens is 440 g/mol. The minimum atomic E-state index is -1.58. The number of carbonyl (C=O) groups excluding carboxylic acids is 1. The number of carbonyl (C=O) groups is 2. The summed E-state index contributed by atoms with van der Waals surface area (Å²) in [4.78, 5) is 25.5. The van der Waals surface area contributed by atoms with Crippen LogP contribution in [0.2, 0.25) is 0 Å². The van der Waals surface area contributed by atoms with E-state index in [1.54, 1.807) is 0 Å². The second-order valence-corrected chi connectivity index (χ2v) is 15.3. The second-order valence-electron chi connectivity index (χ2n) is 15.3. The molecule has 0 aromatic carbocycles. The van der Waals surface area contributed by atoms with E-state index in [0.717, 1.165) is 44.9 Å². The maximum atomic E-state index is 13.2. The molecule has 11 atom stereocenters. The Balaban J connectivity index is 1.41. The molecule has 5 nitrogen and oxygen atoms in total. The highest BCUT2D eigenvalue weighted by Crippen LogP contribution is 2.79. The van der Waals surface area contributed by atoms with Gasteiger partial charge in [-0.2, -0.15) is 0 Å². The van der Waals surface area contributed by atoms with Crippen LogP contribution in [0.5, 0.6) is 0 Å². The molecule has 1 heterocycles. The third kappa shape index (κ3) is 2.59. The Hall–Kier alpha value is -0.940. The van der Waals surface area contributed by atoms with E-state index in [-0.39, 0.29) is 44.7 Å². The predicted molar refractivity (Wildman–Crippen MR) is 132 cm³/mol. The summed E-state index contributed by atoms with van der Waals surface area (Å²) in [5, 5.41) is 21.2. The number of aliphatic carboxylic acids is 1. The molecule has 0 radical (unpaired) electrons. The largest absolute Gasteiger partial charge is 0.481 e. The van der Waals surface area contributed by atoms with E-state index in [0.29, 0.717) is 24.9 Å². The maximum Gasteiger partial charge on any atom is 0.309 e. The van der Waals surface area contributed by atoms with E-state index in [1.807, 2.05) is 6.92 Å². The lowest BCUT2D eigenvalue weighted by atomic mass is 9.30. The van der Waals surface area contributed by atoms with Gasteiger partial charge in [0.2, 0.25) is 5.79 Å². The summed E-state index contributed by atoms with van der Waals surface area (Å²) in [6.07, 6.45) is 9.75. The van der Waals surface area contributed by atoms with Gasteiger partial charge in [0.15, 0.2) is 5.78 Å². The molecule has 1 spiro atoms. The van der Waals surface area contributed by atoms with Crippen molar-refractivity contribution in [2.75, 3.05) is 6.61 Å². The van der Waals surface area contributed by atoms with Crippen molar-refractivity contribution in [3.8, 4) is 0 Å². The zero-order valence-corrected chi connectivity index (χ0v) is 22.7. The summed E-state index contributed by atoms with van der Waals surface area (Å²) >= 11 is 0. The quantitative estimate of drug-likeness (QED) is 0.487. The van der Waals surface area contributed by atoms with Crippen LogP contribution in [0.3, 0.4) is 0 Å². The van der Waals surface area contributed by atoms with Crippen LogP contribution < -0.4 is 0 Å². The Morgan fingerprint density at radius 3 is 2.20 bits per heavy atom. The molecule has 0 amide bonds. The van der Waals surface area contributed by atoms with Crippen molar-refractivity contribution in [1.29, 1.82) is 0 Å². The van der Waals surface area contributed by atoms with Crippen LogP contribution >= 0.6 is 0 Å². The second kappa shape index (κ2) is 6.73. The zero-order valence-electron chi connectivity index (χ0n) is 22.7. The number of rotatable bonds is 1. The molecule has 35 heavy (non-hydrogen) atoms. The third-order valence-corrected chi connectivity index (χ3v) is 14.5. The number of fused-ring (bicyclic) bond motifs is 7. The number of carboxylic acids is 1. The number of ether oxygens (including phenoxy) is 1. The number of hydrogen-bond donors (Lipinski definition) is 2. The highest BCUT2D eigenvalue weighted by molar-refractivity contribution is 5.88. The molecule has 5 heteroatoms. The lowest BCUT2D eigenvalue weighted by molar-refractivity contribution is -0.261. The minimum Gasteiger partial charge on any atom is -0.481 e. The standard InChI is InChI=1S/C30H46O5/c1-18-29-8-7-19-26(4,20(29)15-22(31)30(18,34)35-17-29)12-14-28(6)21-16-25(3,23(32)33)10-9-24(21,2)11-13-27(19,28)5/h18-21,34H,7-17H2,1-6H3,(H,32,33). The Kier molecular flexibility index (Phi) is 4.69. The van der Waals surface area contributed by atoms with Crippen molar-refractivity contribution in [3.05, 3.63) is 0 Å². The molecule has 0 aromatic heterocycles. The SMILES string of the molecule is CC1C2(O)OCC13CCC1C(C)(CCC4(C)C5CC(C)(C(=O)O)CCC5(C)CCC14C)C3CC2=O. The molecular formula is C30H46O5. The van der Waals surface area contributed by atoms with E-state index in [2.05, 4.69) is 34.6 Å². The van der Waals surface area contributed by atoms with Gasteiger partial charge in [-0.1, -0.05) is 34.6 Å². The zero-order chi connectivity index (χ0) is 25.4. The first-order chi connectivity index (χ1) is 16.1. The average Bonchev–Trinajstić information content (AvgIpc) is 2.97. The first-order valence-electron chi connectivity index (χ1n) is 14.2. The Bertz CT molecular complexity index is 993. The van der Waals surface area contributed by atoms with Gasteiger partial charge in [0.25, 0.3) is 0 Å². The Labute approximate surface area is 210 Å². The molecule has 1 aliphatic heterocycles. The van der Waals surface area contributed by atoms with Gasteiger partial charge < -0.3 is 14.9 Å². The number of hydrogen-bond acceptors (Lipinski definition) is 4. The topological polar surface area (TPSA) is 83.8 Å². The van der Waals surface area contributed by atoms with Gasteiger partial charge in [-0.25, -0.2) is 0 Å². The van der Waals surface area contributed by atoms with Crippen LogP contribution in [0.25, 0.3) is 0 Å². The maximum absolute atomic E-state index is 13.2. The van der Waals surface area contributed by atoms with E-state index < -0.39 is 17.2 Å². The van der Waals surface area contributed by atoms with Crippen LogP contribution in [-0.2, 0) is 14.3 Å². The van der Waals surface area contributed by atoms with E-state index >= 15 is 0 Å². The van der Waals surface area contributed by atoms with Gasteiger partial charge in [-0.05, 0) is 104 Å². The van der Waals surface area contributed by atoms with Crippen molar-refractivity contribution < 1.29 is 24.5 Å². The fourth-order valence-electron chi connectivity index (χ4n) is 11.7. The van der Waals surface area contributed by atoms with Gasteiger partial charge in [0.1, 0.15) is 0 Å². The van der Waals surface area contributed by atoms with Crippen LogP contribution in [0.15, 0.2) is 0 Å². The summed E-state index contributed by atoms with van der Waals surface area (Å²) in [5.41, 5.74) is -0.236. The fraction of sp³-hybridized carbons (Fsp3) is 0.933. The first-order valence-corrected chi connectivity index (χ1v) is 14.2. The minimum absolute atomic E-state index is 0.0456. The number of ketones is 1. The van der Waals surface area contributed by atoms with Crippen LogP contribution in [0.4, 0.5) is 0 Å². The first kappa shape index (κ1) is 24.4. The molecule has 6 rings (SSSR count). The van der Waals surface area contributed by atoms with Crippen molar-refractivity contribution in [1.82, 2.24) is 0 Å². The number of carboxylic acid groups (broad SMARTS) is 1. The lowest BCUT2D eigenvalue weighted by Gasteiger charge is -2.74.